The Morgan fingerprint density at radius 2 is 1.94 bits per heavy atom. The van der Waals surface area contributed by atoms with Crippen molar-refractivity contribution in [1.82, 2.24) is 5.32 Å². The van der Waals surface area contributed by atoms with E-state index in [0.717, 1.165) is 24.8 Å². The topological polar surface area (TPSA) is 55.1 Å². The van der Waals surface area contributed by atoms with E-state index in [2.05, 4.69) is 5.32 Å². The SMILES string of the molecule is C[C@H](NC(=O)CCCCCN)c1ccc(F)cc1. The Balaban J connectivity index is 2.33. The van der Waals surface area contributed by atoms with Gasteiger partial charge in [0.05, 0.1) is 6.04 Å². The van der Waals surface area contributed by atoms with Crippen LogP contribution in [0.2, 0.25) is 0 Å². The van der Waals surface area contributed by atoms with Gasteiger partial charge in [0.15, 0.2) is 0 Å². The average molecular weight is 252 g/mol. The number of nitrogens with two attached hydrogens (primary N) is 1. The standard InChI is InChI=1S/C14H21FN2O/c1-11(12-6-8-13(15)9-7-12)17-14(18)5-3-2-4-10-16/h6-9,11H,2-5,10,16H2,1H3,(H,17,18)/t11-/m0/s1. The minimum absolute atomic E-state index is 0.0313. The van der Waals surface area contributed by atoms with E-state index in [4.69, 9.17) is 5.73 Å². The molecule has 3 nitrogen and oxygen atoms in total. The van der Waals surface area contributed by atoms with Gasteiger partial charge in [-0.1, -0.05) is 18.6 Å². The summed E-state index contributed by atoms with van der Waals surface area (Å²) in [5.74, 6) is -0.233. The zero-order valence-electron chi connectivity index (χ0n) is 10.8. The fourth-order valence-corrected chi connectivity index (χ4v) is 1.76. The number of unbranched alkanes of at least 4 members (excludes halogenated alkanes) is 2. The van der Waals surface area contributed by atoms with Crippen LogP contribution in [0, 0.1) is 5.82 Å². The number of carbonyl (C=O) groups excluding carboxylic acids is 1. The summed E-state index contributed by atoms with van der Waals surface area (Å²) in [5, 5.41) is 2.90. The van der Waals surface area contributed by atoms with Crippen LogP contribution in [0.25, 0.3) is 0 Å². The highest BCUT2D eigenvalue weighted by atomic mass is 19.1. The lowest BCUT2D eigenvalue weighted by Gasteiger charge is -2.14. The van der Waals surface area contributed by atoms with E-state index < -0.39 is 0 Å². The minimum Gasteiger partial charge on any atom is -0.350 e. The molecule has 0 aromatic heterocycles. The van der Waals surface area contributed by atoms with E-state index in [1.54, 1.807) is 12.1 Å². The maximum Gasteiger partial charge on any atom is 0.220 e. The first-order valence-electron chi connectivity index (χ1n) is 6.38. The number of carbonyl (C=O) groups is 1. The van der Waals surface area contributed by atoms with Gasteiger partial charge in [-0.3, -0.25) is 4.79 Å². The van der Waals surface area contributed by atoms with Gasteiger partial charge in [0.1, 0.15) is 5.82 Å². The summed E-state index contributed by atoms with van der Waals surface area (Å²) in [4.78, 5) is 11.6. The zero-order valence-corrected chi connectivity index (χ0v) is 10.8. The van der Waals surface area contributed by atoms with E-state index >= 15 is 0 Å². The van der Waals surface area contributed by atoms with Crippen LogP contribution >= 0.6 is 0 Å². The van der Waals surface area contributed by atoms with Gasteiger partial charge in [0.25, 0.3) is 0 Å². The lowest BCUT2D eigenvalue weighted by Crippen LogP contribution is -2.26. The van der Waals surface area contributed by atoms with E-state index in [-0.39, 0.29) is 17.8 Å². The van der Waals surface area contributed by atoms with Crippen molar-refractivity contribution in [3.63, 3.8) is 0 Å². The average Bonchev–Trinajstić information content (AvgIpc) is 2.35. The van der Waals surface area contributed by atoms with Gasteiger partial charge < -0.3 is 11.1 Å². The molecular formula is C14H21FN2O. The normalized spacial score (nSPS) is 12.2. The molecular weight excluding hydrogens is 231 g/mol. The van der Waals surface area contributed by atoms with Crippen LogP contribution in [0.1, 0.15) is 44.2 Å². The van der Waals surface area contributed by atoms with Gasteiger partial charge in [-0.2, -0.15) is 0 Å². The lowest BCUT2D eigenvalue weighted by atomic mass is 10.1. The van der Waals surface area contributed by atoms with Gasteiger partial charge in [-0.25, -0.2) is 4.39 Å². The molecule has 1 aromatic rings. The van der Waals surface area contributed by atoms with Crippen molar-refractivity contribution in [3.05, 3.63) is 35.6 Å². The second-order valence-corrected chi connectivity index (χ2v) is 4.44. The van der Waals surface area contributed by atoms with Crippen molar-refractivity contribution in [1.29, 1.82) is 0 Å². The Bertz CT molecular complexity index is 365. The molecule has 0 radical (unpaired) electrons. The molecule has 0 bridgehead atoms. The molecule has 0 aliphatic carbocycles. The van der Waals surface area contributed by atoms with Crippen LogP contribution in [0.3, 0.4) is 0 Å². The van der Waals surface area contributed by atoms with Gasteiger partial charge in [0, 0.05) is 6.42 Å². The van der Waals surface area contributed by atoms with Crippen LogP contribution in [-0.4, -0.2) is 12.5 Å². The third kappa shape index (κ3) is 5.27. The Kier molecular flexibility index (Phi) is 6.36. The molecule has 0 saturated carbocycles. The van der Waals surface area contributed by atoms with Gasteiger partial charge in [0.2, 0.25) is 5.91 Å². The smallest absolute Gasteiger partial charge is 0.220 e. The Hall–Kier alpha value is -1.42. The lowest BCUT2D eigenvalue weighted by molar-refractivity contribution is -0.121. The molecule has 0 aliphatic heterocycles. The second-order valence-electron chi connectivity index (χ2n) is 4.44. The number of nitrogens with one attached hydrogen (secondary N) is 1. The molecule has 18 heavy (non-hydrogen) atoms. The zero-order chi connectivity index (χ0) is 13.4. The van der Waals surface area contributed by atoms with Crippen molar-refractivity contribution in [2.45, 2.75) is 38.6 Å². The predicted molar refractivity (Wildman–Crippen MR) is 70.5 cm³/mol. The number of hydrogen-bond acceptors (Lipinski definition) is 2. The quantitative estimate of drug-likeness (QED) is 0.733. The number of hydrogen-bond donors (Lipinski definition) is 2. The predicted octanol–water partition coefficient (Wildman–Crippen LogP) is 2.52. The summed E-state index contributed by atoms with van der Waals surface area (Å²) in [6.45, 7) is 2.57. The van der Waals surface area contributed by atoms with Crippen molar-refractivity contribution < 1.29 is 9.18 Å². The van der Waals surface area contributed by atoms with Crippen molar-refractivity contribution in [2.24, 2.45) is 5.73 Å². The molecule has 0 saturated heterocycles. The molecule has 1 atom stereocenters. The maximum absolute atomic E-state index is 12.8. The summed E-state index contributed by atoms with van der Waals surface area (Å²) < 4.78 is 12.8. The molecule has 1 rings (SSSR count). The molecule has 0 heterocycles. The van der Waals surface area contributed by atoms with Crippen molar-refractivity contribution in [2.75, 3.05) is 6.54 Å². The molecule has 0 aliphatic rings. The van der Waals surface area contributed by atoms with E-state index in [9.17, 15) is 9.18 Å². The first-order chi connectivity index (χ1) is 8.63. The third-order valence-corrected chi connectivity index (χ3v) is 2.86. The fraction of sp³-hybridized carbons (Fsp3) is 0.500. The molecule has 1 aromatic carbocycles. The fourth-order valence-electron chi connectivity index (χ4n) is 1.76. The maximum atomic E-state index is 12.8. The van der Waals surface area contributed by atoms with Gasteiger partial charge in [-0.15, -0.1) is 0 Å². The summed E-state index contributed by atoms with van der Waals surface area (Å²) in [6, 6.07) is 6.09. The Labute approximate surface area is 108 Å². The molecule has 100 valence electrons. The van der Waals surface area contributed by atoms with Gasteiger partial charge in [-0.05, 0) is 44.0 Å². The Morgan fingerprint density at radius 1 is 1.28 bits per heavy atom. The summed E-state index contributed by atoms with van der Waals surface area (Å²) in [7, 11) is 0. The molecule has 0 spiro atoms. The summed E-state index contributed by atoms with van der Waals surface area (Å²) >= 11 is 0. The van der Waals surface area contributed by atoms with Gasteiger partial charge >= 0.3 is 0 Å². The Morgan fingerprint density at radius 3 is 2.56 bits per heavy atom. The van der Waals surface area contributed by atoms with E-state index in [1.165, 1.54) is 12.1 Å². The summed E-state index contributed by atoms with van der Waals surface area (Å²) in [5.41, 5.74) is 6.29. The molecule has 3 N–H and O–H groups in total. The first-order valence-corrected chi connectivity index (χ1v) is 6.38. The monoisotopic (exact) mass is 252 g/mol. The highest BCUT2D eigenvalue weighted by Crippen LogP contribution is 2.13. The van der Waals surface area contributed by atoms with Crippen LogP contribution in [-0.2, 0) is 4.79 Å². The molecule has 1 amide bonds. The molecule has 4 heteroatoms. The van der Waals surface area contributed by atoms with Crippen molar-refractivity contribution >= 4 is 5.91 Å². The number of halogens is 1. The molecule has 0 unspecified atom stereocenters. The minimum atomic E-state index is -0.265. The third-order valence-electron chi connectivity index (χ3n) is 2.86. The number of benzene rings is 1. The van der Waals surface area contributed by atoms with E-state index in [0.29, 0.717) is 13.0 Å². The first kappa shape index (κ1) is 14.6. The van der Waals surface area contributed by atoms with Crippen LogP contribution in [0.4, 0.5) is 4.39 Å². The highest BCUT2D eigenvalue weighted by Gasteiger charge is 2.09. The largest absolute Gasteiger partial charge is 0.350 e. The van der Waals surface area contributed by atoms with Crippen LogP contribution < -0.4 is 11.1 Å². The van der Waals surface area contributed by atoms with Crippen LogP contribution in [0.15, 0.2) is 24.3 Å². The molecule has 0 fully saturated rings. The van der Waals surface area contributed by atoms with Crippen molar-refractivity contribution in [3.8, 4) is 0 Å². The van der Waals surface area contributed by atoms with E-state index in [1.807, 2.05) is 6.92 Å². The van der Waals surface area contributed by atoms with Crippen LogP contribution in [0.5, 0.6) is 0 Å². The second kappa shape index (κ2) is 7.82. The number of amides is 1. The number of rotatable bonds is 7. The highest BCUT2D eigenvalue weighted by molar-refractivity contribution is 5.76. The summed E-state index contributed by atoms with van der Waals surface area (Å²) in [6.07, 6.45) is 3.32.